The second kappa shape index (κ2) is 7.63. The number of aliphatic imine (C=N–C) groups is 1. The zero-order valence-electron chi connectivity index (χ0n) is 14.7. The average Bonchev–Trinajstić information content (AvgIpc) is 2.62. The molecule has 3 aromatic carbocycles. The van der Waals surface area contributed by atoms with Gasteiger partial charge in [-0.2, -0.15) is 0 Å². The van der Waals surface area contributed by atoms with Crippen LogP contribution < -0.4 is 10.6 Å². The Morgan fingerprint density at radius 1 is 0.920 bits per heavy atom. The molecule has 2 nitrogen and oxygen atoms in total. The van der Waals surface area contributed by atoms with Crippen molar-refractivity contribution in [2.45, 2.75) is 13.8 Å². The van der Waals surface area contributed by atoms with Crippen molar-refractivity contribution >= 4 is 24.9 Å². The standard InChI is InChI=1S/C22H22NOP/c1-15-12-13-19(24)20(14-15)25-22-16(2)8-7-11-18(22)21(23-3)17-9-5-4-6-10-17/h4-14,24-25H,1-3H3. The lowest BCUT2D eigenvalue weighted by Gasteiger charge is -2.16. The normalized spacial score (nSPS) is 12.0. The number of hydrogen-bond acceptors (Lipinski definition) is 2. The number of hydrogen-bond donors (Lipinski definition) is 1. The highest BCUT2D eigenvalue weighted by Gasteiger charge is 2.15. The molecule has 0 aliphatic carbocycles. The Balaban J connectivity index is 2.10. The van der Waals surface area contributed by atoms with Crippen LogP contribution in [0.1, 0.15) is 22.3 Å². The van der Waals surface area contributed by atoms with E-state index in [-0.39, 0.29) is 0 Å². The Morgan fingerprint density at radius 3 is 2.40 bits per heavy atom. The van der Waals surface area contributed by atoms with Crippen LogP contribution in [0.4, 0.5) is 0 Å². The van der Waals surface area contributed by atoms with Crippen LogP contribution in [0, 0.1) is 13.8 Å². The van der Waals surface area contributed by atoms with E-state index in [1.54, 1.807) is 6.07 Å². The van der Waals surface area contributed by atoms with Crippen LogP contribution in [0.15, 0.2) is 71.7 Å². The molecule has 0 fully saturated rings. The van der Waals surface area contributed by atoms with Gasteiger partial charge in [0.05, 0.1) is 5.71 Å². The molecule has 0 radical (unpaired) electrons. The molecule has 0 aliphatic heterocycles. The Morgan fingerprint density at radius 2 is 1.68 bits per heavy atom. The second-order valence-corrected chi connectivity index (χ2v) is 7.37. The van der Waals surface area contributed by atoms with Crippen LogP contribution >= 0.6 is 8.58 Å². The van der Waals surface area contributed by atoms with E-state index in [0.717, 1.165) is 27.7 Å². The molecule has 126 valence electrons. The number of rotatable bonds is 4. The van der Waals surface area contributed by atoms with E-state index in [9.17, 15) is 5.11 Å². The van der Waals surface area contributed by atoms with E-state index in [2.05, 4.69) is 55.2 Å². The summed E-state index contributed by atoms with van der Waals surface area (Å²) in [4.78, 5) is 4.57. The monoisotopic (exact) mass is 347 g/mol. The minimum Gasteiger partial charge on any atom is -0.507 e. The minimum absolute atomic E-state index is 0.354. The Kier molecular flexibility index (Phi) is 5.31. The summed E-state index contributed by atoms with van der Waals surface area (Å²) < 4.78 is 0. The van der Waals surface area contributed by atoms with Gasteiger partial charge in [-0.15, -0.1) is 0 Å². The van der Waals surface area contributed by atoms with Crippen molar-refractivity contribution in [3.05, 3.63) is 89.0 Å². The molecule has 25 heavy (non-hydrogen) atoms. The summed E-state index contributed by atoms with van der Waals surface area (Å²) in [5.41, 5.74) is 5.60. The van der Waals surface area contributed by atoms with Crippen molar-refractivity contribution in [1.82, 2.24) is 0 Å². The molecule has 0 aliphatic rings. The summed E-state index contributed by atoms with van der Waals surface area (Å²) in [5, 5.41) is 12.5. The third kappa shape index (κ3) is 3.81. The predicted molar refractivity (Wildman–Crippen MR) is 110 cm³/mol. The zero-order chi connectivity index (χ0) is 17.8. The van der Waals surface area contributed by atoms with Crippen molar-refractivity contribution in [3.63, 3.8) is 0 Å². The topological polar surface area (TPSA) is 32.6 Å². The second-order valence-electron chi connectivity index (χ2n) is 6.08. The summed E-state index contributed by atoms with van der Waals surface area (Å²) in [6.45, 7) is 4.17. The number of aromatic hydroxyl groups is 1. The van der Waals surface area contributed by atoms with E-state index in [0.29, 0.717) is 14.3 Å². The van der Waals surface area contributed by atoms with Gasteiger partial charge in [0, 0.05) is 23.5 Å². The van der Waals surface area contributed by atoms with E-state index in [1.807, 2.05) is 31.3 Å². The van der Waals surface area contributed by atoms with Crippen molar-refractivity contribution in [2.75, 3.05) is 7.05 Å². The molecule has 0 amide bonds. The highest BCUT2D eigenvalue weighted by molar-refractivity contribution is 7.56. The first-order chi connectivity index (χ1) is 12.1. The van der Waals surface area contributed by atoms with Crippen molar-refractivity contribution < 1.29 is 5.11 Å². The quantitative estimate of drug-likeness (QED) is 0.559. The molecular weight excluding hydrogens is 325 g/mol. The molecule has 0 saturated heterocycles. The lowest BCUT2D eigenvalue weighted by atomic mass is 10.0. The highest BCUT2D eigenvalue weighted by Crippen LogP contribution is 2.24. The van der Waals surface area contributed by atoms with Crippen LogP contribution in [0.5, 0.6) is 5.75 Å². The third-order valence-corrected chi connectivity index (χ3v) is 5.79. The zero-order valence-corrected chi connectivity index (χ0v) is 15.7. The Bertz CT molecular complexity index is 917. The molecule has 0 heterocycles. The fraction of sp³-hybridized carbons (Fsp3) is 0.136. The highest BCUT2D eigenvalue weighted by atomic mass is 31.1. The summed E-state index contributed by atoms with van der Waals surface area (Å²) in [7, 11) is 2.21. The molecule has 0 saturated carbocycles. The van der Waals surface area contributed by atoms with Gasteiger partial charge in [0.15, 0.2) is 0 Å². The third-order valence-electron chi connectivity index (χ3n) is 4.21. The Labute approximate surface area is 151 Å². The average molecular weight is 347 g/mol. The summed E-state index contributed by atoms with van der Waals surface area (Å²) in [6.07, 6.45) is 0. The van der Waals surface area contributed by atoms with E-state index < -0.39 is 0 Å². The van der Waals surface area contributed by atoms with Crippen molar-refractivity contribution in [2.24, 2.45) is 4.99 Å². The number of nitrogens with zero attached hydrogens (tertiary/aromatic N) is 1. The van der Waals surface area contributed by atoms with Crippen molar-refractivity contribution in [3.8, 4) is 5.75 Å². The van der Waals surface area contributed by atoms with Gasteiger partial charge in [-0.3, -0.25) is 4.99 Å². The molecule has 3 heteroatoms. The number of benzene rings is 3. The molecule has 3 aromatic rings. The molecule has 3 rings (SSSR count). The van der Waals surface area contributed by atoms with Crippen molar-refractivity contribution in [1.29, 1.82) is 0 Å². The summed E-state index contributed by atoms with van der Waals surface area (Å²) in [5.74, 6) is 0.354. The smallest absolute Gasteiger partial charge is 0.123 e. The first kappa shape index (κ1) is 17.4. The fourth-order valence-electron chi connectivity index (χ4n) is 2.92. The van der Waals surface area contributed by atoms with Crippen LogP contribution in [0.2, 0.25) is 0 Å². The van der Waals surface area contributed by atoms with Gasteiger partial charge >= 0.3 is 0 Å². The molecule has 0 bridgehead atoms. The summed E-state index contributed by atoms with van der Waals surface area (Å²) >= 11 is 0. The molecule has 1 unspecified atom stereocenters. The van der Waals surface area contributed by atoms with Crippen LogP contribution in [0.3, 0.4) is 0 Å². The maximum atomic E-state index is 10.3. The molecular formula is C22H22NOP. The number of phenolic OH excluding ortho intramolecular Hbond substituents is 1. The van der Waals surface area contributed by atoms with Crippen LogP contribution in [-0.4, -0.2) is 17.9 Å². The molecule has 0 spiro atoms. The maximum Gasteiger partial charge on any atom is 0.123 e. The minimum atomic E-state index is 0.354. The van der Waals surface area contributed by atoms with Gasteiger partial charge in [-0.1, -0.05) is 68.7 Å². The van der Waals surface area contributed by atoms with Gasteiger partial charge in [-0.05, 0) is 36.8 Å². The maximum absolute atomic E-state index is 10.3. The van der Waals surface area contributed by atoms with Gasteiger partial charge < -0.3 is 5.11 Å². The lowest BCUT2D eigenvalue weighted by Crippen LogP contribution is -2.18. The van der Waals surface area contributed by atoms with Gasteiger partial charge in [-0.25, -0.2) is 0 Å². The van der Waals surface area contributed by atoms with Gasteiger partial charge in [0.25, 0.3) is 0 Å². The lowest BCUT2D eigenvalue weighted by molar-refractivity contribution is 0.479. The number of aryl methyl sites for hydroxylation is 2. The predicted octanol–water partition coefficient (Wildman–Crippen LogP) is 4.11. The Hall–Kier alpha value is -2.44. The molecule has 1 atom stereocenters. The van der Waals surface area contributed by atoms with E-state index in [1.165, 1.54) is 10.9 Å². The number of phenols is 1. The summed E-state index contributed by atoms with van der Waals surface area (Å²) in [6, 6.07) is 22.3. The fourth-order valence-corrected chi connectivity index (χ4v) is 4.31. The van der Waals surface area contributed by atoms with Gasteiger partial charge in [0.2, 0.25) is 0 Å². The SMILES string of the molecule is CN=C(c1ccccc1)c1cccc(C)c1Pc1cc(C)ccc1O. The molecule has 0 aromatic heterocycles. The first-order valence-electron chi connectivity index (χ1n) is 8.29. The van der Waals surface area contributed by atoms with E-state index >= 15 is 0 Å². The molecule has 1 N–H and O–H groups in total. The van der Waals surface area contributed by atoms with Gasteiger partial charge in [0.1, 0.15) is 5.75 Å². The largest absolute Gasteiger partial charge is 0.507 e. The van der Waals surface area contributed by atoms with E-state index in [4.69, 9.17) is 0 Å². The van der Waals surface area contributed by atoms with Crippen LogP contribution in [-0.2, 0) is 0 Å². The van der Waals surface area contributed by atoms with Crippen LogP contribution in [0.25, 0.3) is 0 Å². The first-order valence-corrected chi connectivity index (χ1v) is 9.29.